The highest BCUT2D eigenvalue weighted by molar-refractivity contribution is 4.59. The molecule has 2 heteroatoms. The van der Waals surface area contributed by atoms with Crippen LogP contribution in [0.25, 0.3) is 0 Å². The average molecular weight is 158 g/mol. The predicted octanol–water partition coefficient (Wildman–Crippen LogP) is 1.37. The molecule has 0 saturated heterocycles. The zero-order chi connectivity index (χ0) is 8.53. The van der Waals surface area contributed by atoms with Gasteiger partial charge >= 0.3 is 0 Å². The molecule has 1 unspecified atom stereocenters. The lowest BCUT2D eigenvalue weighted by molar-refractivity contribution is 0.500. The lowest BCUT2D eigenvalue weighted by Crippen LogP contribution is -2.33. The van der Waals surface area contributed by atoms with Gasteiger partial charge in [0.2, 0.25) is 0 Å². The Morgan fingerprint density at radius 2 is 1.91 bits per heavy atom. The first-order chi connectivity index (χ1) is 5.31. The molecular weight excluding hydrogens is 136 g/mol. The minimum Gasteiger partial charge on any atom is -0.316 e. The van der Waals surface area contributed by atoms with E-state index in [1.807, 2.05) is 0 Å². The highest BCUT2D eigenvalue weighted by atomic mass is 15.0. The van der Waals surface area contributed by atoms with E-state index in [9.17, 15) is 0 Å². The molecule has 0 fully saturated rings. The molecule has 0 saturated carbocycles. The molecular formula is C9H22N2. The van der Waals surface area contributed by atoms with E-state index in [1.54, 1.807) is 0 Å². The van der Waals surface area contributed by atoms with Gasteiger partial charge in [0, 0.05) is 19.1 Å². The number of nitrogens with one attached hydrogen (secondary N) is 2. The highest BCUT2D eigenvalue weighted by Crippen LogP contribution is 1.92. The van der Waals surface area contributed by atoms with E-state index >= 15 is 0 Å². The molecule has 11 heavy (non-hydrogen) atoms. The Balaban J connectivity index is 2.97. The summed E-state index contributed by atoms with van der Waals surface area (Å²) < 4.78 is 0. The number of likely N-dealkylation sites (N-methyl/N-ethyl adjacent to an activating group) is 1. The molecule has 0 amide bonds. The third-order valence-electron chi connectivity index (χ3n) is 1.77. The zero-order valence-corrected chi connectivity index (χ0v) is 8.11. The quantitative estimate of drug-likeness (QED) is 0.547. The fraction of sp³-hybridized carbons (Fsp3) is 1.00. The summed E-state index contributed by atoms with van der Waals surface area (Å²) >= 11 is 0. The van der Waals surface area contributed by atoms with E-state index in [-0.39, 0.29) is 0 Å². The first-order valence-corrected chi connectivity index (χ1v) is 4.75. The summed E-state index contributed by atoms with van der Waals surface area (Å²) in [6.07, 6.45) is 2.56. The smallest absolute Gasteiger partial charge is 0.00792 e. The summed E-state index contributed by atoms with van der Waals surface area (Å²) in [5.74, 6) is 0. The van der Waals surface area contributed by atoms with Gasteiger partial charge in [0.15, 0.2) is 0 Å². The molecule has 2 N–H and O–H groups in total. The zero-order valence-electron chi connectivity index (χ0n) is 8.11. The molecule has 0 rings (SSSR count). The third-order valence-corrected chi connectivity index (χ3v) is 1.77. The van der Waals surface area contributed by atoms with Crippen molar-refractivity contribution in [3.8, 4) is 0 Å². The molecule has 0 aromatic heterocycles. The van der Waals surface area contributed by atoms with Crippen molar-refractivity contribution in [3.05, 3.63) is 0 Å². The number of hydrogen-bond acceptors (Lipinski definition) is 2. The monoisotopic (exact) mass is 158 g/mol. The first-order valence-electron chi connectivity index (χ1n) is 4.75. The molecule has 68 valence electrons. The Morgan fingerprint density at radius 1 is 1.18 bits per heavy atom. The van der Waals surface area contributed by atoms with Crippen LogP contribution in [0.4, 0.5) is 0 Å². The van der Waals surface area contributed by atoms with Gasteiger partial charge in [0.05, 0.1) is 0 Å². The fourth-order valence-electron chi connectivity index (χ4n) is 1.12. The Kier molecular flexibility index (Phi) is 7.96. The van der Waals surface area contributed by atoms with E-state index in [2.05, 4.69) is 31.4 Å². The highest BCUT2D eigenvalue weighted by Gasteiger charge is 1.96. The normalized spacial score (nSPS) is 13.4. The van der Waals surface area contributed by atoms with Crippen LogP contribution >= 0.6 is 0 Å². The maximum absolute atomic E-state index is 3.46. The van der Waals surface area contributed by atoms with Gasteiger partial charge in [-0.15, -0.1) is 0 Å². The van der Waals surface area contributed by atoms with Crippen LogP contribution in [0.15, 0.2) is 0 Å². The van der Waals surface area contributed by atoms with Crippen LogP contribution in [0.2, 0.25) is 0 Å². The lowest BCUT2D eigenvalue weighted by atomic mass is 10.2. The summed E-state index contributed by atoms with van der Waals surface area (Å²) in [5, 5.41) is 6.74. The van der Waals surface area contributed by atoms with Crippen LogP contribution in [-0.4, -0.2) is 25.7 Å². The van der Waals surface area contributed by atoms with Gasteiger partial charge in [-0.2, -0.15) is 0 Å². The van der Waals surface area contributed by atoms with E-state index in [0.29, 0.717) is 6.04 Å². The second-order valence-corrected chi connectivity index (χ2v) is 3.00. The van der Waals surface area contributed by atoms with E-state index in [4.69, 9.17) is 0 Å². The van der Waals surface area contributed by atoms with Crippen molar-refractivity contribution >= 4 is 0 Å². The summed E-state index contributed by atoms with van der Waals surface area (Å²) in [6.45, 7) is 9.86. The summed E-state index contributed by atoms with van der Waals surface area (Å²) in [6, 6.07) is 0.679. The molecule has 0 spiro atoms. The van der Waals surface area contributed by atoms with Gasteiger partial charge in [0.1, 0.15) is 0 Å². The predicted molar refractivity (Wildman–Crippen MR) is 50.9 cm³/mol. The van der Waals surface area contributed by atoms with Crippen LogP contribution in [0.1, 0.15) is 33.6 Å². The van der Waals surface area contributed by atoms with Crippen molar-refractivity contribution in [2.45, 2.75) is 39.7 Å². The van der Waals surface area contributed by atoms with E-state index < -0.39 is 0 Å². The average Bonchev–Trinajstić information content (AvgIpc) is 1.99. The maximum Gasteiger partial charge on any atom is 0.00792 e. The minimum absolute atomic E-state index is 0.679. The lowest BCUT2D eigenvalue weighted by Gasteiger charge is -2.12. The molecule has 0 aliphatic heterocycles. The number of rotatable bonds is 7. The molecule has 1 atom stereocenters. The molecule has 0 bridgehead atoms. The molecule has 0 aliphatic rings. The first kappa shape index (κ1) is 10.9. The molecule has 0 radical (unpaired) electrons. The SMILES string of the molecule is CCCC(C)NCCNCC. The topological polar surface area (TPSA) is 24.1 Å². The second kappa shape index (κ2) is 8.02. The second-order valence-electron chi connectivity index (χ2n) is 3.00. The Hall–Kier alpha value is -0.0800. The van der Waals surface area contributed by atoms with Gasteiger partial charge < -0.3 is 10.6 Å². The van der Waals surface area contributed by atoms with Crippen molar-refractivity contribution in [2.24, 2.45) is 0 Å². The summed E-state index contributed by atoms with van der Waals surface area (Å²) in [5.41, 5.74) is 0. The van der Waals surface area contributed by atoms with Gasteiger partial charge in [-0.25, -0.2) is 0 Å². The van der Waals surface area contributed by atoms with Gasteiger partial charge in [-0.1, -0.05) is 20.3 Å². The standard InChI is InChI=1S/C9H22N2/c1-4-6-9(3)11-8-7-10-5-2/h9-11H,4-8H2,1-3H3. The third kappa shape index (κ3) is 7.82. The fourth-order valence-corrected chi connectivity index (χ4v) is 1.12. The van der Waals surface area contributed by atoms with Crippen LogP contribution in [0.5, 0.6) is 0 Å². The Morgan fingerprint density at radius 3 is 2.45 bits per heavy atom. The van der Waals surface area contributed by atoms with E-state index in [0.717, 1.165) is 19.6 Å². The van der Waals surface area contributed by atoms with Crippen LogP contribution in [0.3, 0.4) is 0 Å². The summed E-state index contributed by atoms with van der Waals surface area (Å²) in [7, 11) is 0. The molecule has 0 aromatic carbocycles. The van der Waals surface area contributed by atoms with Crippen molar-refractivity contribution < 1.29 is 0 Å². The maximum atomic E-state index is 3.46. The molecule has 0 aromatic rings. The van der Waals surface area contributed by atoms with Gasteiger partial charge in [-0.3, -0.25) is 0 Å². The molecule has 2 nitrogen and oxygen atoms in total. The summed E-state index contributed by atoms with van der Waals surface area (Å²) in [4.78, 5) is 0. The van der Waals surface area contributed by atoms with Crippen molar-refractivity contribution in [1.82, 2.24) is 10.6 Å². The van der Waals surface area contributed by atoms with E-state index in [1.165, 1.54) is 12.8 Å². The Labute approximate surface area is 70.8 Å². The van der Waals surface area contributed by atoms with Gasteiger partial charge in [0.25, 0.3) is 0 Å². The van der Waals surface area contributed by atoms with Crippen LogP contribution in [-0.2, 0) is 0 Å². The molecule has 0 aliphatic carbocycles. The van der Waals surface area contributed by atoms with Gasteiger partial charge in [-0.05, 0) is 19.9 Å². The Bertz CT molecular complexity index is 74.0. The van der Waals surface area contributed by atoms with Crippen molar-refractivity contribution in [3.63, 3.8) is 0 Å². The largest absolute Gasteiger partial charge is 0.316 e. The number of hydrogen-bond donors (Lipinski definition) is 2. The minimum atomic E-state index is 0.679. The van der Waals surface area contributed by atoms with Crippen molar-refractivity contribution in [2.75, 3.05) is 19.6 Å². The van der Waals surface area contributed by atoms with Crippen LogP contribution < -0.4 is 10.6 Å². The van der Waals surface area contributed by atoms with Crippen LogP contribution in [0, 0.1) is 0 Å². The van der Waals surface area contributed by atoms with Crippen molar-refractivity contribution in [1.29, 1.82) is 0 Å². The molecule has 0 heterocycles.